The summed E-state index contributed by atoms with van der Waals surface area (Å²) >= 11 is 0. The highest BCUT2D eigenvalue weighted by Gasteiger charge is 2.47. The highest BCUT2D eigenvalue weighted by atomic mass is 16.3. The predicted molar refractivity (Wildman–Crippen MR) is 109 cm³/mol. The molecule has 4 atom stereocenters. The molecule has 6 heteroatoms. The van der Waals surface area contributed by atoms with Crippen LogP contribution in [-0.2, 0) is 0 Å². The van der Waals surface area contributed by atoms with Crippen molar-refractivity contribution in [3.63, 3.8) is 0 Å². The smallest absolute Gasteiger partial charge is 0.274 e. The second kappa shape index (κ2) is 6.87. The monoisotopic (exact) mass is 392 g/mol. The average molecular weight is 393 g/mol. The number of nitrogens with zero attached hydrogens (tertiary/aromatic N) is 3. The van der Waals surface area contributed by atoms with E-state index in [-0.39, 0.29) is 11.9 Å². The molecule has 2 aromatic heterocycles. The summed E-state index contributed by atoms with van der Waals surface area (Å²) in [5.74, 6) is 2.00. The molecule has 0 radical (unpaired) electrons. The van der Waals surface area contributed by atoms with Crippen LogP contribution in [0.1, 0.15) is 49.0 Å². The number of aromatic amines is 1. The zero-order valence-electron chi connectivity index (χ0n) is 16.7. The maximum Gasteiger partial charge on any atom is 0.274 e. The number of aromatic nitrogens is 2. The molecule has 1 aliphatic carbocycles. The first-order valence-corrected chi connectivity index (χ1v) is 11.1. The first kappa shape index (κ1) is 17.5. The Morgan fingerprint density at radius 2 is 2.21 bits per heavy atom. The zero-order valence-corrected chi connectivity index (χ0v) is 16.7. The molecule has 3 saturated heterocycles. The van der Waals surface area contributed by atoms with Gasteiger partial charge in [0.25, 0.3) is 5.91 Å². The molecule has 0 spiro atoms. The molecule has 0 saturated carbocycles. The van der Waals surface area contributed by atoms with Crippen LogP contribution in [0.15, 0.2) is 40.5 Å². The van der Waals surface area contributed by atoms with E-state index < -0.39 is 0 Å². The minimum absolute atomic E-state index is 0.0499. The Morgan fingerprint density at radius 3 is 3.10 bits per heavy atom. The van der Waals surface area contributed by atoms with Crippen molar-refractivity contribution in [1.29, 1.82) is 0 Å². The number of hydrogen-bond acceptors (Lipinski definition) is 4. The largest absolute Gasteiger partial charge is 0.463 e. The Kier molecular flexibility index (Phi) is 4.15. The van der Waals surface area contributed by atoms with Gasteiger partial charge in [0, 0.05) is 25.2 Å². The summed E-state index contributed by atoms with van der Waals surface area (Å²) in [6.07, 6.45) is 11.7. The first-order chi connectivity index (χ1) is 14.3. The van der Waals surface area contributed by atoms with E-state index in [1.165, 1.54) is 37.8 Å². The summed E-state index contributed by atoms with van der Waals surface area (Å²) in [5.41, 5.74) is 2.76. The van der Waals surface area contributed by atoms with Crippen LogP contribution in [0.4, 0.5) is 0 Å². The van der Waals surface area contributed by atoms with Gasteiger partial charge in [-0.15, -0.1) is 0 Å². The maximum atomic E-state index is 13.5. The highest BCUT2D eigenvalue weighted by Crippen LogP contribution is 2.45. The summed E-state index contributed by atoms with van der Waals surface area (Å²) in [6, 6.07) is 6.53. The van der Waals surface area contributed by atoms with E-state index >= 15 is 0 Å². The molecule has 6 nitrogen and oxygen atoms in total. The van der Waals surface area contributed by atoms with Crippen molar-refractivity contribution in [1.82, 2.24) is 20.0 Å². The molecule has 152 valence electrons. The number of carbonyl (C=O) groups is 1. The molecule has 5 heterocycles. The van der Waals surface area contributed by atoms with Crippen molar-refractivity contribution >= 4 is 5.91 Å². The van der Waals surface area contributed by atoms with Gasteiger partial charge in [0.05, 0.1) is 12.3 Å². The van der Waals surface area contributed by atoms with Crippen LogP contribution < -0.4 is 0 Å². The third-order valence-electron chi connectivity index (χ3n) is 7.50. The van der Waals surface area contributed by atoms with Crippen LogP contribution >= 0.6 is 0 Å². The Hall–Kier alpha value is -2.34. The lowest BCUT2D eigenvalue weighted by Crippen LogP contribution is -2.60. The fraction of sp³-hybridized carbons (Fsp3) is 0.565. The lowest BCUT2D eigenvalue weighted by atomic mass is 9.68. The summed E-state index contributed by atoms with van der Waals surface area (Å²) in [5, 5.41) is 7.29. The van der Waals surface area contributed by atoms with Crippen LogP contribution in [0.2, 0.25) is 0 Å². The third kappa shape index (κ3) is 2.88. The van der Waals surface area contributed by atoms with Crippen molar-refractivity contribution in [2.24, 2.45) is 11.8 Å². The summed E-state index contributed by atoms with van der Waals surface area (Å²) in [7, 11) is 0. The quantitative estimate of drug-likeness (QED) is 0.792. The van der Waals surface area contributed by atoms with Gasteiger partial charge in [0.2, 0.25) is 0 Å². The minimum Gasteiger partial charge on any atom is -0.463 e. The number of likely N-dealkylation sites (tertiary alicyclic amines) is 1. The number of hydrogen-bond donors (Lipinski definition) is 1. The molecule has 4 unspecified atom stereocenters. The van der Waals surface area contributed by atoms with Gasteiger partial charge in [-0.05, 0) is 62.6 Å². The number of rotatable bonds is 2. The third-order valence-corrected chi connectivity index (χ3v) is 7.50. The van der Waals surface area contributed by atoms with Gasteiger partial charge in [0.1, 0.15) is 5.69 Å². The van der Waals surface area contributed by atoms with Gasteiger partial charge in [-0.3, -0.25) is 14.8 Å². The van der Waals surface area contributed by atoms with Crippen LogP contribution in [0.5, 0.6) is 0 Å². The highest BCUT2D eigenvalue weighted by molar-refractivity contribution is 5.93. The van der Waals surface area contributed by atoms with Gasteiger partial charge in [-0.1, -0.05) is 18.1 Å². The van der Waals surface area contributed by atoms with E-state index in [0.717, 1.165) is 37.7 Å². The van der Waals surface area contributed by atoms with E-state index in [0.29, 0.717) is 23.3 Å². The standard InChI is InChI=1S/C23H28N4O2/c28-23(19-13-18(24-25-19)21-7-4-10-29-21)27-9-3-5-15-11-16-12-17(22(15)27)14-26-8-2-1-6-20(16)26/h4,7,10-11,13,16-17,20,22H,1-3,5-6,8-9,12,14H2,(H,24,25). The van der Waals surface area contributed by atoms with Crippen molar-refractivity contribution in [2.75, 3.05) is 19.6 Å². The molecule has 1 amide bonds. The zero-order chi connectivity index (χ0) is 19.4. The lowest BCUT2D eigenvalue weighted by Gasteiger charge is -2.54. The number of amides is 1. The van der Waals surface area contributed by atoms with Crippen molar-refractivity contribution in [2.45, 2.75) is 50.6 Å². The van der Waals surface area contributed by atoms with E-state index in [4.69, 9.17) is 4.42 Å². The Balaban J connectivity index is 1.29. The van der Waals surface area contributed by atoms with E-state index in [1.807, 2.05) is 18.2 Å². The topological polar surface area (TPSA) is 65.4 Å². The summed E-state index contributed by atoms with van der Waals surface area (Å²) in [6.45, 7) is 3.20. The second-order valence-electron chi connectivity index (χ2n) is 9.15. The van der Waals surface area contributed by atoms with Crippen LogP contribution in [0.3, 0.4) is 0 Å². The summed E-state index contributed by atoms with van der Waals surface area (Å²) < 4.78 is 5.44. The van der Waals surface area contributed by atoms with Crippen LogP contribution in [-0.4, -0.2) is 57.6 Å². The second-order valence-corrected chi connectivity index (χ2v) is 9.15. The summed E-state index contributed by atoms with van der Waals surface area (Å²) in [4.78, 5) is 18.3. The SMILES string of the molecule is O=C(c1cc(-c2ccco2)[nH]n1)N1CCCC2=CC3CC(CN4CCCCC34)C21. The molecule has 6 rings (SSSR count). The average Bonchev–Trinajstić information content (AvgIpc) is 3.45. The fourth-order valence-corrected chi connectivity index (χ4v) is 6.34. The molecule has 1 N–H and O–H groups in total. The molecular weight excluding hydrogens is 364 g/mol. The Bertz CT molecular complexity index is 931. The van der Waals surface area contributed by atoms with Gasteiger partial charge in [-0.25, -0.2) is 0 Å². The van der Waals surface area contributed by atoms with Crippen molar-refractivity contribution < 1.29 is 9.21 Å². The number of H-pyrrole nitrogens is 1. The molecule has 2 aromatic rings. The predicted octanol–water partition coefficient (Wildman–Crippen LogP) is 3.70. The molecule has 3 fully saturated rings. The molecule has 3 aliphatic heterocycles. The number of carbonyl (C=O) groups excluding carboxylic acids is 1. The molecule has 4 aliphatic rings. The Morgan fingerprint density at radius 1 is 1.24 bits per heavy atom. The number of nitrogens with one attached hydrogen (secondary N) is 1. The normalized spacial score (nSPS) is 31.7. The van der Waals surface area contributed by atoms with Crippen molar-refractivity contribution in [3.05, 3.63) is 41.8 Å². The molecule has 2 bridgehead atoms. The minimum atomic E-state index is 0.0499. The fourth-order valence-electron chi connectivity index (χ4n) is 6.34. The Labute approximate surface area is 170 Å². The maximum absolute atomic E-state index is 13.5. The van der Waals surface area contributed by atoms with Gasteiger partial charge >= 0.3 is 0 Å². The van der Waals surface area contributed by atoms with Crippen LogP contribution in [0.25, 0.3) is 11.5 Å². The van der Waals surface area contributed by atoms with Gasteiger partial charge in [-0.2, -0.15) is 5.10 Å². The van der Waals surface area contributed by atoms with Crippen LogP contribution in [0, 0.1) is 11.8 Å². The lowest BCUT2D eigenvalue weighted by molar-refractivity contribution is 0.00131. The van der Waals surface area contributed by atoms with E-state index in [1.54, 1.807) is 6.26 Å². The number of piperidine rings is 3. The van der Waals surface area contributed by atoms with E-state index in [2.05, 4.69) is 26.1 Å². The van der Waals surface area contributed by atoms with E-state index in [9.17, 15) is 4.79 Å². The first-order valence-electron chi connectivity index (χ1n) is 11.1. The molecule has 0 aromatic carbocycles. The number of furan rings is 1. The van der Waals surface area contributed by atoms with Gasteiger partial charge < -0.3 is 9.32 Å². The van der Waals surface area contributed by atoms with Gasteiger partial charge in [0.15, 0.2) is 11.5 Å². The molecule has 29 heavy (non-hydrogen) atoms. The molecular formula is C23H28N4O2. The van der Waals surface area contributed by atoms with Crippen molar-refractivity contribution in [3.8, 4) is 11.5 Å². The number of fused-ring (bicyclic) bond motifs is 6.